The predicted molar refractivity (Wildman–Crippen MR) is 77.5 cm³/mol. The number of nitrogens with two attached hydrogens (primary N) is 1. The number of nitrogens with zero attached hydrogens (tertiary/aromatic N) is 1. The van der Waals surface area contributed by atoms with Crippen LogP contribution in [0.25, 0.3) is 0 Å². The molecule has 0 heterocycles. The Balaban J connectivity index is 2.60. The Kier molecular flexibility index (Phi) is 5.51. The lowest BCUT2D eigenvalue weighted by molar-refractivity contribution is -0.138. The SMILES string of the molecule is Cc1cc(C)c(CCN(C)CC(N)C(=O)O)c(C)c1. The first-order valence-electron chi connectivity index (χ1n) is 6.55. The summed E-state index contributed by atoms with van der Waals surface area (Å²) in [5, 5.41) is 8.78. The third-order valence-corrected chi connectivity index (χ3v) is 3.41. The standard InChI is InChI=1S/C15H24N2O2/c1-10-7-11(2)13(12(3)8-10)5-6-17(4)9-14(16)15(18)19/h7-8,14H,5-6,9,16H2,1-4H3,(H,18,19). The van der Waals surface area contributed by atoms with Crippen molar-refractivity contribution in [2.45, 2.75) is 33.2 Å². The molecular formula is C15H24N2O2. The molecule has 0 fully saturated rings. The van der Waals surface area contributed by atoms with Crippen LogP contribution in [0, 0.1) is 20.8 Å². The summed E-state index contributed by atoms with van der Waals surface area (Å²) in [5.41, 5.74) is 10.8. The van der Waals surface area contributed by atoms with Gasteiger partial charge in [-0.15, -0.1) is 0 Å². The highest BCUT2D eigenvalue weighted by atomic mass is 16.4. The summed E-state index contributed by atoms with van der Waals surface area (Å²) in [6.45, 7) is 7.53. The maximum Gasteiger partial charge on any atom is 0.321 e. The van der Waals surface area contributed by atoms with E-state index in [-0.39, 0.29) is 0 Å². The van der Waals surface area contributed by atoms with E-state index < -0.39 is 12.0 Å². The largest absolute Gasteiger partial charge is 0.480 e. The molecule has 3 N–H and O–H groups in total. The lowest BCUT2D eigenvalue weighted by Crippen LogP contribution is -2.41. The lowest BCUT2D eigenvalue weighted by Gasteiger charge is -2.20. The van der Waals surface area contributed by atoms with Gasteiger partial charge in [0, 0.05) is 13.1 Å². The van der Waals surface area contributed by atoms with Gasteiger partial charge < -0.3 is 15.7 Å². The Hall–Kier alpha value is -1.39. The molecule has 1 unspecified atom stereocenters. The number of rotatable bonds is 6. The van der Waals surface area contributed by atoms with Crippen molar-refractivity contribution in [1.29, 1.82) is 0 Å². The molecule has 0 aliphatic heterocycles. The highest BCUT2D eigenvalue weighted by Gasteiger charge is 2.14. The van der Waals surface area contributed by atoms with Gasteiger partial charge in [0.05, 0.1) is 0 Å². The average molecular weight is 264 g/mol. The molecule has 0 spiro atoms. The number of aliphatic carboxylic acids is 1. The highest BCUT2D eigenvalue weighted by molar-refractivity contribution is 5.73. The van der Waals surface area contributed by atoms with Crippen molar-refractivity contribution < 1.29 is 9.90 Å². The van der Waals surface area contributed by atoms with Crippen molar-refractivity contribution in [3.8, 4) is 0 Å². The minimum atomic E-state index is -0.949. The molecule has 4 nitrogen and oxygen atoms in total. The van der Waals surface area contributed by atoms with Crippen LogP contribution in [0.2, 0.25) is 0 Å². The van der Waals surface area contributed by atoms with Crippen molar-refractivity contribution in [3.05, 3.63) is 34.4 Å². The van der Waals surface area contributed by atoms with E-state index in [0.29, 0.717) is 6.54 Å². The first-order valence-corrected chi connectivity index (χ1v) is 6.55. The number of benzene rings is 1. The minimum absolute atomic E-state index is 0.374. The molecule has 0 amide bonds. The molecule has 1 atom stereocenters. The van der Waals surface area contributed by atoms with E-state index in [4.69, 9.17) is 10.8 Å². The quantitative estimate of drug-likeness (QED) is 0.817. The van der Waals surface area contributed by atoms with Gasteiger partial charge in [-0.2, -0.15) is 0 Å². The van der Waals surface area contributed by atoms with Crippen LogP contribution >= 0.6 is 0 Å². The zero-order chi connectivity index (χ0) is 14.6. The number of hydrogen-bond donors (Lipinski definition) is 2. The van der Waals surface area contributed by atoms with Crippen LogP contribution in [0.5, 0.6) is 0 Å². The molecule has 0 radical (unpaired) electrons. The molecule has 0 aliphatic rings. The van der Waals surface area contributed by atoms with Crippen LogP contribution in [0.1, 0.15) is 22.3 Å². The second-order valence-electron chi connectivity index (χ2n) is 5.33. The van der Waals surface area contributed by atoms with Crippen LogP contribution in [-0.2, 0) is 11.2 Å². The lowest BCUT2D eigenvalue weighted by atomic mass is 9.97. The fourth-order valence-electron chi connectivity index (χ4n) is 2.41. The fourth-order valence-corrected chi connectivity index (χ4v) is 2.41. The molecule has 0 saturated heterocycles. The number of carboxylic acids is 1. The number of likely N-dealkylation sites (N-methyl/N-ethyl adjacent to an activating group) is 1. The molecule has 19 heavy (non-hydrogen) atoms. The molecule has 1 aromatic rings. The second-order valence-corrected chi connectivity index (χ2v) is 5.33. The van der Waals surface area contributed by atoms with Crippen molar-refractivity contribution in [1.82, 2.24) is 4.90 Å². The second kappa shape index (κ2) is 6.68. The van der Waals surface area contributed by atoms with E-state index in [2.05, 4.69) is 32.9 Å². The highest BCUT2D eigenvalue weighted by Crippen LogP contribution is 2.17. The number of hydrogen-bond acceptors (Lipinski definition) is 3. The maximum atomic E-state index is 10.7. The molecule has 0 aromatic heterocycles. The predicted octanol–water partition coefficient (Wildman–Crippen LogP) is 1.50. The van der Waals surface area contributed by atoms with Gasteiger partial charge in [-0.1, -0.05) is 17.7 Å². The third kappa shape index (κ3) is 4.65. The summed E-state index contributed by atoms with van der Waals surface area (Å²) in [7, 11) is 1.90. The van der Waals surface area contributed by atoms with E-state index in [1.807, 2.05) is 11.9 Å². The van der Waals surface area contributed by atoms with Gasteiger partial charge in [0.1, 0.15) is 6.04 Å². The summed E-state index contributed by atoms with van der Waals surface area (Å²) >= 11 is 0. The first kappa shape index (κ1) is 15.7. The molecule has 4 heteroatoms. The monoisotopic (exact) mass is 264 g/mol. The van der Waals surface area contributed by atoms with Crippen molar-refractivity contribution in [3.63, 3.8) is 0 Å². The van der Waals surface area contributed by atoms with Gasteiger partial charge >= 0.3 is 5.97 Å². The third-order valence-electron chi connectivity index (χ3n) is 3.41. The van der Waals surface area contributed by atoms with E-state index in [1.165, 1.54) is 22.3 Å². The zero-order valence-electron chi connectivity index (χ0n) is 12.2. The Morgan fingerprint density at radius 2 is 1.84 bits per heavy atom. The molecule has 0 saturated carbocycles. The van der Waals surface area contributed by atoms with Crippen molar-refractivity contribution in [2.24, 2.45) is 5.73 Å². The van der Waals surface area contributed by atoms with Crippen LogP contribution in [0.15, 0.2) is 12.1 Å². The summed E-state index contributed by atoms with van der Waals surface area (Å²) in [6.07, 6.45) is 0.917. The smallest absolute Gasteiger partial charge is 0.321 e. The van der Waals surface area contributed by atoms with Crippen molar-refractivity contribution in [2.75, 3.05) is 20.1 Å². The van der Waals surface area contributed by atoms with E-state index >= 15 is 0 Å². The fraction of sp³-hybridized carbons (Fsp3) is 0.533. The van der Waals surface area contributed by atoms with Crippen LogP contribution in [-0.4, -0.2) is 42.2 Å². The summed E-state index contributed by atoms with van der Waals surface area (Å²) in [5.74, 6) is -0.949. The Morgan fingerprint density at radius 1 is 1.32 bits per heavy atom. The zero-order valence-corrected chi connectivity index (χ0v) is 12.2. The van der Waals surface area contributed by atoms with Gasteiger partial charge in [0.2, 0.25) is 0 Å². The van der Waals surface area contributed by atoms with E-state index in [1.54, 1.807) is 0 Å². The molecule has 0 bridgehead atoms. The Bertz CT molecular complexity index is 434. The van der Waals surface area contributed by atoms with Crippen LogP contribution in [0.3, 0.4) is 0 Å². The number of aryl methyl sites for hydroxylation is 3. The molecule has 1 aromatic carbocycles. The van der Waals surface area contributed by atoms with Gasteiger partial charge in [0.15, 0.2) is 0 Å². The molecular weight excluding hydrogens is 240 g/mol. The first-order chi connectivity index (χ1) is 8.81. The van der Waals surface area contributed by atoms with Gasteiger partial charge in [-0.05, 0) is 50.9 Å². The summed E-state index contributed by atoms with van der Waals surface area (Å²) < 4.78 is 0. The van der Waals surface area contributed by atoms with E-state index in [9.17, 15) is 4.79 Å². The van der Waals surface area contributed by atoms with Crippen molar-refractivity contribution >= 4 is 5.97 Å². The normalized spacial score (nSPS) is 12.7. The Labute approximate surface area is 115 Å². The molecule has 106 valence electrons. The number of carbonyl (C=O) groups is 1. The average Bonchev–Trinajstić information content (AvgIpc) is 2.27. The van der Waals surface area contributed by atoms with Crippen LogP contribution in [0.4, 0.5) is 0 Å². The van der Waals surface area contributed by atoms with Gasteiger partial charge in [-0.3, -0.25) is 4.79 Å². The number of carboxylic acid groups (broad SMARTS) is 1. The maximum absolute atomic E-state index is 10.7. The van der Waals surface area contributed by atoms with Crippen LogP contribution < -0.4 is 5.73 Å². The summed E-state index contributed by atoms with van der Waals surface area (Å²) in [6, 6.07) is 3.56. The Morgan fingerprint density at radius 3 is 2.32 bits per heavy atom. The molecule has 1 rings (SSSR count). The van der Waals surface area contributed by atoms with E-state index in [0.717, 1.165) is 13.0 Å². The minimum Gasteiger partial charge on any atom is -0.480 e. The molecule has 0 aliphatic carbocycles. The van der Waals surface area contributed by atoms with Gasteiger partial charge in [0.25, 0.3) is 0 Å². The van der Waals surface area contributed by atoms with Gasteiger partial charge in [-0.25, -0.2) is 0 Å². The topological polar surface area (TPSA) is 66.6 Å². The summed E-state index contributed by atoms with van der Waals surface area (Å²) in [4.78, 5) is 12.7.